The summed E-state index contributed by atoms with van der Waals surface area (Å²) in [7, 11) is 1.75. The van der Waals surface area contributed by atoms with Crippen LogP contribution >= 0.6 is 11.3 Å². The van der Waals surface area contributed by atoms with Gasteiger partial charge >= 0.3 is 0 Å². The van der Waals surface area contributed by atoms with Crippen LogP contribution in [0.4, 0.5) is 5.13 Å². The Morgan fingerprint density at radius 2 is 2.05 bits per heavy atom. The first kappa shape index (κ1) is 15.3. The average molecular weight is 309 g/mol. The van der Waals surface area contributed by atoms with Crippen LogP contribution in [-0.4, -0.2) is 31.2 Å². The van der Waals surface area contributed by atoms with Crippen molar-refractivity contribution in [3.63, 3.8) is 0 Å². The van der Waals surface area contributed by atoms with E-state index in [0.29, 0.717) is 12.6 Å². The average Bonchev–Trinajstić information content (AvgIpc) is 3.09. The fraction of sp³-hybridized carbons (Fsp3) is 0.812. The second kappa shape index (κ2) is 6.63. The van der Waals surface area contributed by atoms with E-state index in [0.717, 1.165) is 24.1 Å². The molecule has 1 aromatic heterocycles. The van der Waals surface area contributed by atoms with Gasteiger partial charge in [0.2, 0.25) is 0 Å². The molecule has 0 amide bonds. The van der Waals surface area contributed by atoms with Crippen LogP contribution in [0.2, 0.25) is 0 Å². The van der Waals surface area contributed by atoms with E-state index in [2.05, 4.69) is 24.1 Å². The van der Waals surface area contributed by atoms with Gasteiger partial charge in [-0.05, 0) is 24.7 Å². The summed E-state index contributed by atoms with van der Waals surface area (Å²) in [6.45, 7) is 8.30. The van der Waals surface area contributed by atoms with Gasteiger partial charge in [-0.1, -0.05) is 20.3 Å². The molecule has 0 spiro atoms. The standard InChI is InChI=1S/C16H27N3OS/c1-11(2)17-7-15-14(10-20-3)18-16(21-15)19-8-12-5-4-6-13(12)9-19/h11-13,17H,4-10H2,1-3H3. The van der Waals surface area contributed by atoms with Crippen LogP contribution in [0.1, 0.15) is 43.7 Å². The molecule has 1 saturated heterocycles. The van der Waals surface area contributed by atoms with Crippen molar-refractivity contribution in [2.75, 3.05) is 25.1 Å². The number of rotatable bonds is 6. The molecular formula is C16H27N3OS. The molecular weight excluding hydrogens is 282 g/mol. The van der Waals surface area contributed by atoms with E-state index in [4.69, 9.17) is 9.72 Å². The summed E-state index contributed by atoms with van der Waals surface area (Å²) in [6.07, 6.45) is 4.26. The van der Waals surface area contributed by atoms with Gasteiger partial charge in [0.05, 0.1) is 12.3 Å². The number of ether oxygens (including phenoxy) is 1. The minimum absolute atomic E-state index is 0.497. The van der Waals surface area contributed by atoms with Gasteiger partial charge in [-0.15, -0.1) is 11.3 Å². The maximum atomic E-state index is 5.32. The lowest BCUT2D eigenvalue weighted by atomic mass is 10.0. The van der Waals surface area contributed by atoms with Gasteiger partial charge < -0.3 is 15.0 Å². The molecule has 1 N–H and O–H groups in total. The summed E-state index contributed by atoms with van der Waals surface area (Å²) in [6, 6.07) is 0.497. The zero-order valence-corrected chi connectivity index (χ0v) is 14.2. The molecule has 0 aromatic carbocycles. The Balaban J connectivity index is 1.71. The number of hydrogen-bond donors (Lipinski definition) is 1. The van der Waals surface area contributed by atoms with E-state index in [-0.39, 0.29) is 0 Å². The number of methoxy groups -OCH3 is 1. The molecule has 1 aliphatic carbocycles. The van der Waals surface area contributed by atoms with Crippen molar-refractivity contribution in [3.05, 3.63) is 10.6 Å². The summed E-state index contributed by atoms with van der Waals surface area (Å²) < 4.78 is 5.32. The first-order valence-electron chi connectivity index (χ1n) is 8.13. The largest absolute Gasteiger partial charge is 0.378 e. The van der Waals surface area contributed by atoms with Gasteiger partial charge in [0, 0.05) is 37.7 Å². The van der Waals surface area contributed by atoms with E-state index in [1.807, 2.05) is 11.3 Å². The summed E-state index contributed by atoms with van der Waals surface area (Å²) in [5, 5.41) is 4.71. The highest BCUT2D eigenvalue weighted by molar-refractivity contribution is 7.15. The lowest BCUT2D eigenvalue weighted by molar-refractivity contribution is 0.181. The van der Waals surface area contributed by atoms with E-state index < -0.39 is 0 Å². The zero-order valence-electron chi connectivity index (χ0n) is 13.4. The van der Waals surface area contributed by atoms with Crippen molar-refractivity contribution >= 4 is 16.5 Å². The number of fused-ring (bicyclic) bond motifs is 1. The van der Waals surface area contributed by atoms with Crippen molar-refractivity contribution in [1.29, 1.82) is 0 Å². The van der Waals surface area contributed by atoms with Gasteiger partial charge in [0.25, 0.3) is 0 Å². The van der Waals surface area contributed by atoms with Crippen molar-refractivity contribution in [1.82, 2.24) is 10.3 Å². The minimum Gasteiger partial charge on any atom is -0.378 e. The number of thiazole rings is 1. The van der Waals surface area contributed by atoms with Crippen molar-refractivity contribution in [2.45, 2.75) is 52.3 Å². The van der Waals surface area contributed by atoms with Gasteiger partial charge in [-0.2, -0.15) is 0 Å². The SMILES string of the molecule is COCc1nc(N2CC3CCCC3C2)sc1CNC(C)C. The monoisotopic (exact) mass is 309 g/mol. The number of aromatic nitrogens is 1. The first-order valence-corrected chi connectivity index (χ1v) is 8.95. The molecule has 0 bridgehead atoms. The van der Waals surface area contributed by atoms with E-state index in [9.17, 15) is 0 Å². The third-order valence-corrected chi connectivity index (χ3v) is 5.87. The number of anilines is 1. The fourth-order valence-corrected chi connectivity index (χ4v) is 4.61. The predicted molar refractivity (Wildman–Crippen MR) is 87.8 cm³/mol. The second-order valence-electron chi connectivity index (χ2n) is 6.69. The molecule has 2 unspecified atom stereocenters. The molecule has 21 heavy (non-hydrogen) atoms. The molecule has 1 aromatic rings. The highest BCUT2D eigenvalue weighted by Gasteiger charge is 2.37. The Hall–Kier alpha value is -0.650. The fourth-order valence-electron chi connectivity index (χ4n) is 3.58. The van der Waals surface area contributed by atoms with E-state index in [1.54, 1.807) is 7.11 Å². The smallest absolute Gasteiger partial charge is 0.185 e. The maximum Gasteiger partial charge on any atom is 0.185 e. The Morgan fingerprint density at radius 1 is 1.33 bits per heavy atom. The van der Waals surface area contributed by atoms with Crippen LogP contribution < -0.4 is 10.2 Å². The van der Waals surface area contributed by atoms with Crippen molar-refractivity contribution in [2.24, 2.45) is 11.8 Å². The Kier molecular flexibility index (Phi) is 4.82. The van der Waals surface area contributed by atoms with Crippen LogP contribution in [-0.2, 0) is 17.9 Å². The number of hydrogen-bond acceptors (Lipinski definition) is 5. The Labute approximate surface area is 131 Å². The molecule has 1 saturated carbocycles. The lowest BCUT2D eigenvalue weighted by Crippen LogP contribution is -2.21. The summed E-state index contributed by atoms with van der Waals surface area (Å²) >= 11 is 1.85. The van der Waals surface area contributed by atoms with E-state index >= 15 is 0 Å². The molecule has 2 heterocycles. The second-order valence-corrected chi connectivity index (χ2v) is 7.75. The Morgan fingerprint density at radius 3 is 2.67 bits per heavy atom. The Bertz CT molecular complexity index is 462. The molecule has 5 heteroatoms. The topological polar surface area (TPSA) is 37.4 Å². The predicted octanol–water partition coefficient (Wildman–Crippen LogP) is 3.02. The molecule has 2 atom stereocenters. The quantitative estimate of drug-likeness (QED) is 0.876. The molecule has 118 valence electrons. The molecule has 0 radical (unpaired) electrons. The maximum absolute atomic E-state index is 5.32. The lowest BCUT2D eigenvalue weighted by Gasteiger charge is -2.15. The van der Waals surface area contributed by atoms with Gasteiger partial charge in [-0.25, -0.2) is 4.98 Å². The van der Waals surface area contributed by atoms with Crippen LogP contribution in [0.25, 0.3) is 0 Å². The molecule has 1 aliphatic heterocycles. The van der Waals surface area contributed by atoms with Gasteiger partial charge in [0.1, 0.15) is 0 Å². The normalized spacial score (nSPS) is 25.0. The van der Waals surface area contributed by atoms with E-state index in [1.165, 1.54) is 42.4 Å². The summed E-state index contributed by atoms with van der Waals surface area (Å²) in [4.78, 5) is 8.71. The number of nitrogens with one attached hydrogen (secondary N) is 1. The van der Waals surface area contributed by atoms with Crippen molar-refractivity contribution < 1.29 is 4.74 Å². The van der Waals surface area contributed by atoms with Crippen molar-refractivity contribution in [3.8, 4) is 0 Å². The molecule has 2 aliphatic rings. The highest BCUT2D eigenvalue weighted by atomic mass is 32.1. The first-order chi connectivity index (χ1) is 10.2. The molecule has 2 fully saturated rings. The summed E-state index contributed by atoms with van der Waals surface area (Å²) in [5.41, 5.74) is 1.11. The zero-order chi connectivity index (χ0) is 14.8. The van der Waals surface area contributed by atoms with Crippen LogP contribution in [0.5, 0.6) is 0 Å². The summed E-state index contributed by atoms with van der Waals surface area (Å²) in [5.74, 6) is 1.83. The highest BCUT2D eigenvalue weighted by Crippen LogP contribution is 2.41. The van der Waals surface area contributed by atoms with Gasteiger partial charge in [-0.3, -0.25) is 0 Å². The minimum atomic E-state index is 0.497. The third kappa shape index (κ3) is 3.41. The van der Waals surface area contributed by atoms with Gasteiger partial charge in [0.15, 0.2) is 5.13 Å². The number of nitrogens with zero attached hydrogens (tertiary/aromatic N) is 2. The van der Waals surface area contributed by atoms with Crippen LogP contribution in [0.15, 0.2) is 0 Å². The molecule has 4 nitrogen and oxygen atoms in total. The molecule has 3 rings (SSSR count). The third-order valence-electron chi connectivity index (χ3n) is 4.72. The van der Waals surface area contributed by atoms with Crippen LogP contribution in [0.3, 0.4) is 0 Å². The van der Waals surface area contributed by atoms with Crippen LogP contribution in [0, 0.1) is 11.8 Å².